The van der Waals surface area contributed by atoms with Crippen molar-refractivity contribution in [3.05, 3.63) is 76.5 Å². The average Bonchev–Trinajstić information content (AvgIpc) is 2.74. The molecule has 0 radical (unpaired) electrons. The second-order valence-corrected chi connectivity index (χ2v) is 7.71. The number of anilines is 1. The maximum absolute atomic E-state index is 13.0. The van der Waals surface area contributed by atoms with Crippen molar-refractivity contribution in [2.24, 2.45) is 0 Å². The number of aryl methyl sites for hydroxylation is 2. The molecule has 2 heterocycles. The molecule has 4 rings (SSSR count). The zero-order valence-electron chi connectivity index (χ0n) is 17.4. The number of esters is 1. The van der Waals surface area contributed by atoms with Crippen LogP contribution in [0, 0.1) is 6.92 Å². The molecule has 0 fully saturated rings. The summed E-state index contributed by atoms with van der Waals surface area (Å²) in [6.45, 7) is 5.38. The molecule has 2 aromatic rings. The normalized spacial score (nSPS) is 18.4. The number of hydrogen-bond donors (Lipinski definition) is 2. The quantitative estimate of drug-likeness (QED) is 0.746. The van der Waals surface area contributed by atoms with Gasteiger partial charge in [0.1, 0.15) is 0 Å². The van der Waals surface area contributed by atoms with E-state index in [1.54, 1.807) is 6.92 Å². The van der Waals surface area contributed by atoms with E-state index in [9.17, 15) is 9.59 Å². The number of fused-ring (bicyclic) bond motifs is 1. The Morgan fingerprint density at radius 1 is 1.17 bits per heavy atom. The lowest BCUT2D eigenvalue weighted by molar-refractivity contribution is -0.139. The van der Waals surface area contributed by atoms with Gasteiger partial charge in [0.05, 0.1) is 30.5 Å². The fraction of sp³-hybridized carbons (Fsp3) is 0.333. The van der Waals surface area contributed by atoms with Gasteiger partial charge in [0.15, 0.2) is 0 Å². The van der Waals surface area contributed by atoms with Gasteiger partial charge in [-0.15, -0.1) is 0 Å². The Bertz CT molecular complexity index is 981. The summed E-state index contributed by atoms with van der Waals surface area (Å²) in [6, 6.07) is 15.3. The molecule has 2 N–H and O–H groups in total. The fourth-order valence-electron chi connectivity index (χ4n) is 4.17. The van der Waals surface area contributed by atoms with Crippen LogP contribution >= 0.6 is 0 Å². The Morgan fingerprint density at radius 3 is 2.70 bits per heavy atom. The third-order valence-corrected chi connectivity index (χ3v) is 5.62. The minimum Gasteiger partial charge on any atom is -0.463 e. The van der Waals surface area contributed by atoms with Crippen LogP contribution in [0.2, 0.25) is 0 Å². The number of para-hydroxylation sites is 1. The van der Waals surface area contributed by atoms with E-state index in [0.29, 0.717) is 17.8 Å². The monoisotopic (exact) mass is 405 g/mol. The summed E-state index contributed by atoms with van der Waals surface area (Å²) in [4.78, 5) is 27.7. The summed E-state index contributed by atoms with van der Waals surface area (Å²) in [5.41, 5.74) is 5.47. The minimum atomic E-state index is -0.548. The van der Waals surface area contributed by atoms with E-state index in [-0.39, 0.29) is 12.6 Å². The molecular weight excluding hydrogens is 378 g/mol. The molecule has 156 valence electrons. The first-order chi connectivity index (χ1) is 14.6. The Labute approximate surface area is 176 Å². The topological polar surface area (TPSA) is 70.7 Å². The maximum atomic E-state index is 13.0. The highest BCUT2D eigenvalue weighted by molar-refractivity contribution is 5.95. The van der Waals surface area contributed by atoms with Crippen LogP contribution in [0.1, 0.15) is 36.1 Å². The van der Waals surface area contributed by atoms with Gasteiger partial charge in [-0.25, -0.2) is 9.59 Å². The van der Waals surface area contributed by atoms with Crippen molar-refractivity contribution in [1.29, 1.82) is 0 Å². The van der Waals surface area contributed by atoms with Crippen LogP contribution in [0.4, 0.5) is 10.5 Å². The van der Waals surface area contributed by atoms with Gasteiger partial charge < -0.3 is 20.3 Å². The van der Waals surface area contributed by atoms with Crippen molar-refractivity contribution in [3.8, 4) is 0 Å². The molecular formula is C24H27N3O3. The zero-order chi connectivity index (χ0) is 21.1. The number of ether oxygens (including phenoxy) is 1. The Balaban J connectivity index is 1.75. The van der Waals surface area contributed by atoms with Crippen LogP contribution in [0.5, 0.6) is 0 Å². The largest absolute Gasteiger partial charge is 0.463 e. The highest BCUT2D eigenvalue weighted by atomic mass is 16.5. The average molecular weight is 405 g/mol. The number of amides is 2. The van der Waals surface area contributed by atoms with Gasteiger partial charge in [0.2, 0.25) is 0 Å². The van der Waals surface area contributed by atoms with Gasteiger partial charge in [0, 0.05) is 12.2 Å². The van der Waals surface area contributed by atoms with Gasteiger partial charge in [-0.2, -0.15) is 0 Å². The highest BCUT2D eigenvalue weighted by Gasteiger charge is 2.34. The maximum Gasteiger partial charge on any atom is 0.338 e. The van der Waals surface area contributed by atoms with E-state index in [1.165, 1.54) is 5.56 Å². The van der Waals surface area contributed by atoms with E-state index in [1.807, 2.05) is 43.3 Å². The van der Waals surface area contributed by atoms with Gasteiger partial charge in [-0.05, 0) is 43.9 Å². The number of rotatable bonds is 5. The molecule has 0 unspecified atom stereocenters. The van der Waals surface area contributed by atoms with Crippen LogP contribution in [0.3, 0.4) is 0 Å². The predicted molar refractivity (Wildman–Crippen MR) is 116 cm³/mol. The van der Waals surface area contributed by atoms with Crippen molar-refractivity contribution in [2.45, 2.75) is 32.7 Å². The van der Waals surface area contributed by atoms with E-state index >= 15 is 0 Å². The van der Waals surface area contributed by atoms with Crippen molar-refractivity contribution < 1.29 is 14.3 Å². The summed E-state index contributed by atoms with van der Waals surface area (Å²) in [5, 5.41) is 5.78. The first-order valence-corrected chi connectivity index (χ1v) is 10.4. The summed E-state index contributed by atoms with van der Waals surface area (Å²) in [6.07, 6.45) is 2.07. The molecule has 6 nitrogen and oxygen atoms in total. The molecule has 2 aliphatic rings. The van der Waals surface area contributed by atoms with Gasteiger partial charge in [-0.1, -0.05) is 48.0 Å². The van der Waals surface area contributed by atoms with Crippen LogP contribution < -0.4 is 15.5 Å². The van der Waals surface area contributed by atoms with Gasteiger partial charge in [0.25, 0.3) is 0 Å². The first kappa shape index (κ1) is 20.0. The number of hydrogen-bond acceptors (Lipinski definition) is 4. The SMILES string of the molecule is CCOC(=O)C1=C(CN2CCCc3ccccc32)NC(=O)N[C@H]1c1ccc(C)cc1. The molecule has 0 saturated heterocycles. The Hall–Kier alpha value is -3.28. The standard InChI is InChI=1S/C24H27N3O3/c1-3-30-23(28)21-19(15-27-14-6-8-17-7-4-5-9-20(17)27)25-24(29)26-22(21)18-12-10-16(2)11-13-18/h4-5,7,9-13,22H,3,6,8,14-15H2,1-2H3,(H2,25,26,29)/t22-/m0/s1. The third-order valence-electron chi connectivity index (χ3n) is 5.62. The van der Waals surface area contributed by atoms with Crippen LogP contribution in [-0.4, -0.2) is 31.7 Å². The molecule has 2 aliphatic heterocycles. The summed E-state index contributed by atoms with van der Waals surface area (Å²) >= 11 is 0. The lowest BCUT2D eigenvalue weighted by Crippen LogP contribution is -2.49. The second-order valence-electron chi connectivity index (χ2n) is 7.71. The number of carbonyl (C=O) groups is 2. The highest BCUT2D eigenvalue weighted by Crippen LogP contribution is 2.31. The van der Waals surface area contributed by atoms with Crippen LogP contribution in [-0.2, 0) is 16.0 Å². The number of urea groups is 1. The van der Waals surface area contributed by atoms with Crippen molar-refractivity contribution in [2.75, 3.05) is 24.6 Å². The van der Waals surface area contributed by atoms with Gasteiger partial charge in [-0.3, -0.25) is 0 Å². The van der Waals surface area contributed by atoms with Crippen molar-refractivity contribution >= 4 is 17.7 Å². The molecule has 0 bridgehead atoms. The minimum absolute atomic E-state index is 0.275. The first-order valence-electron chi connectivity index (χ1n) is 10.4. The molecule has 2 aromatic carbocycles. The zero-order valence-corrected chi connectivity index (χ0v) is 17.4. The van der Waals surface area contributed by atoms with E-state index in [2.05, 4.69) is 27.7 Å². The summed E-state index contributed by atoms with van der Waals surface area (Å²) in [5.74, 6) is -0.407. The Morgan fingerprint density at radius 2 is 1.93 bits per heavy atom. The molecule has 30 heavy (non-hydrogen) atoms. The second kappa shape index (κ2) is 8.61. The number of nitrogens with zero attached hydrogens (tertiary/aromatic N) is 1. The van der Waals surface area contributed by atoms with Crippen molar-refractivity contribution in [3.63, 3.8) is 0 Å². The Kier molecular flexibility index (Phi) is 5.74. The molecule has 2 amide bonds. The molecule has 0 spiro atoms. The number of nitrogens with one attached hydrogen (secondary N) is 2. The molecule has 0 aromatic heterocycles. The lowest BCUT2D eigenvalue weighted by Gasteiger charge is -2.35. The number of benzene rings is 2. The van der Waals surface area contributed by atoms with Gasteiger partial charge >= 0.3 is 12.0 Å². The van der Waals surface area contributed by atoms with Crippen LogP contribution in [0.25, 0.3) is 0 Å². The van der Waals surface area contributed by atoms with E-state index in [0.717, 1.165) is 36.2 Å². The predicted octanol–water partition coefficient (Wildman–Crippen LogP) is 3.62. The fourth-order valence-corrected chi connectivity index (χ4v) is 4.17. The third kappa shape index (κ3) is 4.03. The number of carbonyl (C=O) groups excluding carboxylic acids is 2. The molecule has 6 heteroatoms. The lowest BCUT2D eigenvalue weighted by atomic mass is 9.94. The van der Waals surface area contributed by atoms with Crippen LogP contribution in [0.15, 0.2) is 59.8 Å². The summed E-state index contributed by atoms with van der Waals surface area (Å²) < 4.78 is 5.37. The summed E-state index contributed by atoms with van der Waals surface area (Å²) in [7, 11) is 0. The molecule has 0 saturated carbocycles. The van der Waals surface area contributed by atoms with E-state index < -0.39 is 12.0 Å². The van der Waals surface area contributed by atoms with E-state index in [4.69, 9.17) is 4.74 Å². The van der Waals surface area contributed by atoms with Crippen molar-refractivity contribution in [1.82, 2.24) is 10.6 Å². The molecule has 1 atom stereocenters. The smallest absolute Gasteiger partial charge is 0.338 e. The molecule has 0 aliphatic carbocycles.